The molecule has 2 aliphatic carbocycles. The van der Waals surface area contributed by atoms with Crippen LogP contribution in [0.4, 0.5) is 17.5 Å². The van der Waals surface area contributed by atoms with Crippen LogP contribution in [0.15, 0.2) is 30.5 Å². The zero-order valence-electron chi connectivity index (χ0n) is 20.4. The molecule has 2 fully saturated rings. The summed E-state index contributed by atoms with van der Waals surface area (Å²) in [6, 6.07) is 8.02. The fourth-order valence-electron chi connectivity index (χ4n) is 4.65. The SMILES string of the molecule is Cc1cnc(NC2CCC(C(=O)NCc3cccc(NC(=O)C4CCC4)c3)CC2)nc1N(C)C. The topological polar surface area (TPSA) is 99.2 Å². The number of amides is 2. The molecule has 4 rings (SSSR count). The number of aryl methyl sites for hydroxylation is 1. The molecule has 2 aliphatic rings. The number of nitrogens with zero attached hydrogens (tertiary/aromatic N) is 3. The van der Waals surface area contributed by atoms with E-state index in [-0.39, 0.29) is 29.7 Å². The van der Waals surface area contributed by atoms with E-state index in [1.807, 2.05) is 56.4 Å². The number of nitrogens with one attached hydrogen (secondary N) is 3. The highest BCUT2D eigenvalue weighted by Crippen LogP contribution is 2.28. The van der Waals surface area contributed by atoms with Gasteiger partial charge >= 0.3 is 0 Å². The van der Waals surface area contributed by atoms with Crippen molar-refractivity contribution in [3.8, 4) is 0 Å². The minimum absolute atomic E-state index is 0.0239. The summed E-state index contributed by atoms with van der Waals surface area (Å²) in [4.78, 5) is 36.0. The molecule has 8 nitrogen and oxygen atoms in total. The summed E-state index contributed by atoms with van der Waals surface area (Å²) in [5.74, 6) is 1.94. The molecule has 1 aromatic carbocycles. The average molecular weight is 465 g/mol. The standard InChI is InChI=1S/C26H36N6O2/c1-17-15-28-26(31-23(17)32(2)3)30-21-12-10-20(11-13-21)24(33)27-16-18-6-4-9-22(14-18)29-25(34)19-7-5-8-19/h4,6,9,14-15,19-21H,5,7-8,10-13,16H2,1-3H3,(H,27,33)(H,29,34)(H,28,30,31). The third kappa shape index (κ3) is 6.04. The van der Waals surface area contributed by atoms with Gasteiger partial charge in [0.25, 0.3) is 0 Å². The molecule has 0 spiro atoms. The Hall–Kier alpha value is -3.16. The maximum atomic E-state index is 12.8. The molecule has 1 aromatic heterocycles. The molecule has 1 heterocycles. The Kier molecular flexibility index (Phi) is 7.65. The van der Waals surface area contributed by atoms with Crippen LogP contribution in [0.25, 0.3) is 0 Å². The second-order valence-corrected chi connectivity index (χ2v) is 9.82. The van der Waals surface area contributed by atoms with E-state index in [9.17, 15) is 9.59 Å². The Morgan fingerprint density at radius 3 is 2.44 bits per heavy atom. The van der Waals surface area contributed by atoms with Crippen molar-refractivity contribution in [1.29, 1.82) is 0 Å². The third-order valence-corrected chi connectivity index (χ3v) is 6.94. The minimum Gasteiger partial charge on any atom is -0.362 e. The molecule has 2 amide bonds. The van der Waals surface area contributed by atoms with Crippen LogP contribution in [0.5, 0.6) is 0 Å². The second kappa shape index (κ2) is 10.8. The van der Waals surface area contributed by atoms with Crippen LogP contribution >= 0.6 is 0 Å². The predicted octanol–water partition coefficient (Wildman–Crippen LogP) is 3.88. The fourth-order valence-corrected chi connectivity index (χ4v) is 4.65. The van der Waals surface area contributed by atoms with Gasteiger partial charge in [0.15, 0.2) is 0 Å². The molecular weight excluding hydrogens is 428 g/mol. The van der Waals surface area contributed by atoms with Crippen molar-refractivity contribution in [1.82, 2.24) is 15.3 Å². The predicted molar refractivity (Wildman–Crippen MR) is 135 cm³/mol. The van der Waals surface area contributed by atoms with Crippen LogP contribution in [-0.2, 0) is 16.1 Å². The van der Waals surface area contributed by atoms with Gasteiger partial charge in [-0.05, 0) is 63.1 Å². The van der Waals surface area contributed by atoms with Crippen molar-refractivity contribution in [3.63, 3.8) is 0 Å². The third-order valence-electron chi connectivity index (χ3n) is 6.94. The van der Waals surface area contributed by atoms with Gasteiger partial charge in [-0.2, -0.15) is 4.98 Å². The molecule has 2 saturated carbocycles. The second-order valence-electron chi connectivity index (χ2n) is 9.82. The Morgan fingerprint density at radius 1 is 1.03 bits per heavy atom. The molecule has 0 atom stereocenters. The van der Waals surface area contributed by atoms with Gasteiger partial charge in [-0.1, -0.05) is 18.6 Å². The van der Waals surface area contributed by atoms with Gasteiger partial charge < -0.3 is 20.9 Å². The van der Waals surface area contributed by atoms with Gasteiger partial charge in [0.1, 0.15) is 5.82 Å². The van der Waals surface area contributed by atoms with Crippen molar-refractivity contribution >= 4 is 29.3 Å². The van der Waals surface area contributed by atoms with E-state index in [1.54, 1.807) is 0 Å². The van der Waals surface area contributed by atoms with Crippen LogP contribution in [0.3, 0.4) is 0 Å². The molecule has 0 radical (unpaired) electrons. The lowest BCUT2D eigenvalue weighted by Gasteiger charge is -2.28. The van der Waals surface area contributed by atoms with Crippen molar-refractivity contribution in [2.75, 3.05) is 29.6 Å². The van der Waals surface area contributed by atoms with Gasteiger partial charge in [0, 0.05) is 56.0 Å². The van der Waals surface area contributed by atoms with Crippen LogP contribution in [-0.4, -0.2) is 41.9 Å². The normalized spacial score (nSPS) is 20.2. The number of carbonyl (C=O) groups is 2. The molecule has 34 heavy (non-hydrogen) atoms. The first-order valence-corrected chi connectivity index (χ1v) is 12.3. The number of hydrogen-bond acceptors (Lipinski definition) is 6. The van der Waals surface area contributed by atoms with E-state index in [1.165, 1.54) is 0 Å². The molecule has 0 aliphatic heterocycles. The van der Waals surface area contributed by atoms with E-state index >= 15 is 0 Å². The van der Waals surface area contributed by atoms with Crippen LogP contribution in [0.1, 0.15) is 56.1 Å². The zero-order valence-corrected chi connectivity index (χ0v) is 20.4. The van der Waals surface area contributed by atoms with Gasteiger partial charge in [-0.15, -0.1) is 0 Å². The Balaban J connectivity index is 1.22. The lowest BCUT2D eigenvalue weighted by Crippen LogP contribution is -2.36. The lowest BCUT2D eigenvalue weighted by atomic mass is 9.85. The van der Waals surface area contributed by atoms with Crippen molar-refractivity contribution in [2.45, 2.75) is 64.5 Å². The average Bonchev–Trinajstić information content (AvgIpc) is 2.78. The molecule has 2 aromatic rings. The number of carbonyl (C=O) groups excluding carboxylic acids is 2. The van der Waals surface area contributed by atoms with E-state index in [2.05, 4.69) is 25.9 Å². The van der Waals surface area contributed by atoms with Gasteiger partial charge in [-0.3, -0.25) is 9.59 Å². The largest absolute Gasteiger partial charge is 0.362 e. The van der Waals surface area contributed by atoms with E-state index < -0.39 is 0 Å². The highest BCUT2D eigenvalue weighted by molar-refractivity contribution is 5.93. The van der Waals surface area contributed by atoms with Crippen LogP contribution < -0.4 is 20.9 Å². The number of rotatable bonds is 8. The smallest absolute Gasteiger partial charge is 0.227 e. The van der Waals surface area contributed by atoms with Crippen molar-refractivity contribution in [2.24, 2.45) is 11.8 Å². The van der Waals surface area contributed by atoms with Crippen LogP contribution in [0, 0.1) is 18.8 Å². The summed E-state index contributed by atoms with van der Waals surface area (Å²) in [7, 11) is 3.95. The fraction of sp³-hybridized carbons (Fsp3) is 0.538. The van der Waals surface area contributed by atoms with Crippen molar-refractivity contribution in [3.05, 3.63) is 41.6 Å². The summed E-state index contributed by atoms with van der Waals surface area (Å²) >= 11 is 0. The van der Waals surface area contributed by atoms with Crippen LogP contribution in [0.2, 0.25) is 0 Å². The highest BCUT2D eigenvalue weighted by Gasteiger charge is 2.27. The zero-order chi connectivity index (χ0) is 24.1. The summed E-state index contributed by atoms with van der Waals surface area (Å²) in [6.07, 6.45) is 8.45. The first kappa shape index (κ1) is 24.0. The summed E-state index contributed by atoms with van der Waals surface area (Å²) in [5.41, 5.74) is 2.83. The first-order valence-electron chi connectivity index (χ1n) is 12.3. The van der Waals surface area contributed by atoms with E-state index in [4.69, 9.17) is 0 Å². The molecular formula is C26H36N6O2. The Morgan fingerprint density at radius 2 is 1.76 bits per heavy atom. The maximum absolute atomic E-state index is 12.8. The molecule has 0 bridgehead atoms. The summed E-state index contributed by atoms with van der Waals surface area (Å²) in [6.45, 7) is 2.47. The minimum atomic E-state index is 0.0239. The molecule has 182 valence electrons. The van der Waals surface area contributed by atoms with E-state index in [0.29, 0.717) is 12.5 Å². The summed E-state index contributed by atoms with van der Waals surface area (Å²) in [5, 5.41) is 9.53. The van der Waals surface area contributed by atoms with Gasteiger partial charge in [-0.25, -0.2) is 4.98 Å². The monoisotopic (exact) mass is 464 g/mol. The molecule has 3 N–H and O–H groups in total. The number of hydrogen-bond donors (Lipinski definition) is 3. The van der Waals surface area contributed by atoms with Gasteiger partial charge in [0.2, 0.25) is 17.8 Å². The van der Waals surface area contributed by atoms with Gasteiger partial charge in [0.05, 0.1) is 0 Å². The van der Waals surface area contributed by atoms with Crippen molar-refractivity contribution < 1.29 is 9.59 Å². The molecule has 8 heteroatoms. The number of anilines is 3. The highest BCUT2D eigenvalue weighted by atomic mass is 16.2. The molecule has 0 saturated heterocycles. The Bertz CT molecular complexity index is 1010. The quantitative estimate of drug-likeness (QED) is 0.548. The maximum Gasteiger partial charge on any atom is 0.227 e. The number of aromatic nitrogens is 2. The Labute approximate surface area is 201 Å². The molecule has 0 unspecified atom stereocenters. The number of benzene rings is 1. The summed E-state index contributed by atoms with van der Waals surface area (Å²) < 4.78 is 0. The van der Waals surface area contributed by atoms with E-state index in [0.717, 1.165) is 67.6 Å². The lowest BCUT2D eigenvalue weighted by molar-refractivity contribution is -0.126. The first-order chi connectivity index (χ1) is 16.4.